The number of hydrogen-bond acceptors (Lipinski definition) is 6. The monoisotopic (exact) mass is 635 g/mol. The maximum absolute atomic E-state index is 14.5. The zero-order chi connectivity index (χ0) is 31.1. The molecule has 6 rings (SSSR count). The number of rotatable bonds is 8. The summed E-state index contributed by atoms with van der Waals surface area (Å²) < 4.78 is 80.4. The topological polar surface area (TPSA) is 89.0 Å². The van der Waals surface area contributed by atoms with Gasteiger partial charge < -0.3 is 14.4 Å². The van der Waals surface area contributed by atoms with Gasteiger partial charge in [0.1, 0.15) is 0 Å². The Morgan fingerprint density at radius 3 is 2.77 bits per heavy atom. The van der Waals surface area contributed by atoms with Crippen LogP contribution in [0.5, 0.6) is 0 Å². The molecule has 1 aliphatic carbocycles. The number of benzene rings is 1. The number of halogens is 3. The Kier molecular flexibility index (Phi) is 8.82. The van der Waals surface area contributed by atoms with Crippen molar-refractivity contribution in [3.8, 4) is 0 Å². The predicted molar refractivity (Wildman–Crippen MR) is 157 cm³/mol. The molecule has 0 N–H and O–H groups in total. The molecule has 1 saturated carbocycles. The molecule has 1 amide bonds. The van der Waals surface area contributed by atoms with E-state index in [2.05, 4.69) is 4.98 Å². The summed E-state index contributed by atoms with van der Waals surface area (Å²) >= 11 is 0. The number of methoxy groups -OCH3 is 1. The Morgan fingerprint density at radius 1 is 1.23 bits per heavy atom. The van der Waals surface area contributed by atoms with Gasteiger partial charge in [-0.15, -0.1) is 0 Å². The summed E-state index contributed by atoms with van der Waals surface area (Å²) in [6, 6.07) is 10.6. The molecule has 0 bridgehead atoms. The molecule has 2 aromatic rings. The van der Waals surface area contributed by atoms with Crippen molar-refractivity contribution >= 4 is 15.9 Å². The van der Waals surface area contributed by atoms with Crippen molar-refractivity contribution < 1.29 is 35.9 Å². The third-order valence-electron chi connectivity index (χ3n) is 10.3. The third-order valence-corrected chi connectivity index (χ3v) is 12.1. The molecule has 1 aromatic heterocycles. The SMILES string of the molecule is COC1COCCC1C[C@@H]1C[C@H]2CN(S(=O)(=O)CCc3ccccc3)C[C@@]2(C(=O)N2CCc3ncc(C(F)(F)F)cc3C2)C1. The second-order valence-electron chi connectivity index (χ2n) is 12.9. The number of carbonyl (C=O) groups is 1. The van der Waals surface area contributed by atoms with Crippen molar-refractivity contribution in [1.29, 1.82) is 0 Å². The van der Waals surface area contributed by atoms with E-state index in [1.807, 2.05) is 30.3 Å². The van der Waals surface area contributed by atoms with E-state index in [4.69, 9.17) is 9.47 Å². The van der Waals surface area contributed by atoms with Crippen molar-refractivity contribution in [3.05, 3.63) is 65.0 Å². The van der Waals surface area contributed by atoms with Crippen LogP contribution in [0.2, 0.25) is 0 Å². The zero-order valence-corrected chi connectivity index (χ0v) is 25.8. The van der Waals surface area contributed by atoms with Crippen LogP contribution in [0.25, 0.3) is 0 Å². The van der Waals surface area contributed by atoms with Gasteiger partial charge in [-0.1, -0.05) is 30.3 Å². The maximum Gasteiger partial charge on any atom is 0.417 e. The van der Waals surface area contributed by atoms with Gasteiger partial charge in [-0.2, -0.15) is 13.2 Å². The lowest BCUT2D eigenvalue weighted by Gasteiger charge is -2.37. The van der Waals surface area contributed by atoms with Crippen LogP contribution in [0.3, 0.4) is 0 Å². The highest BCUT2D eigenvalue weighted by Gasteiger charge is 2.60. The first-order chi connectivity index (χ1) is 21.0. The lowest BCUT2D eigenvalue weighted by molar-refractivity contribution is -0.144. The van der Waals surface area contributed by atoms with Crippen molar-refractivity contribution in [2.45, 2.75) is 57.3 Å². The van der Waals surface area contributed by atoms with Crippen LogP contribution >= 0.6 is 0 Å². The fourth-order valence-electron chi connectivity index (χ4n) is 7.99. The lowest BCUT2D eigenvalue weighted by atomic mass is 9.78. The van der Waals surface area contributed by atoms with Gasteiger partial charge in [0.2, 0.25) is 15.9 Å². The molecule has 4 heterocycles. The van der Waals surface area contributed by atoms with Crippen molar-refractivity contribution in [3.63, 3.8) is 0 Å². The molecule has 0 radical (unpaired) electrons. The zero-order valence-electron chi connectivity index (χ0n) is 25.0. The first-order valence-electron chi connectivity index (χ1n) is 15.4. The number of pyridine rings is 1. The van der Waals surface area contributed by atoms with Crippen molar-refractivity contribution in [1.82, 2.24) is 14.2 Å². The molecule has 4 aliphatic rings. The highest BCUT2D eigenvalue weighted by atomic mass is 32.2. The molecular formula is C32H40F3N3O5S. The standard InChI is InChI=1S/C32H40F3N3O5S/c1-42-29-20-43-11-8-24(29)13-23-14-27-19-38(44(40,41)12-9-22-5-3-2-4-6-22)21-31(27,16-23)30(39)37-10-7-28-25(18-37)15-26(17-36-28)32(33,34)35/h2-6,15,17,23-24,27,29H,7-14,16,18-21H2,1H3/t23-,24?,27+,29?,31+/m1/s1. The number of aromatic nitrogens is 1. The normalized spacial score (nSPS) is 29.4. The number of amides is 1. The Bertz CT molecular complexity index is 1460. The number of carbonyl (C=O) groups excluding carboxylic acids is 1. The summed E-state index contributed by atoms with van der Waals surface area (Å²) in [6.07, 6.45) is 0.0845. The van der Waals surface area contributed by atoms with Crippen LogP contribution in [0, 0.1) is 23.2 Å². The predicted octanol–water partition coefficient (Wildman–Crippen LogP) is 4.33. The highest BCUT2D eigenvalue weighted by Crippen LogP contribution is 2.55. The minimum absolute atomic E-state index is 0.0142. The minimum atomic E-state index is -4.53. The Hall–Kier alpha value is -2.54. The second kappa shape index (κ2) is 12.3. The summed E-state index contributed by atoms with van der Waals surface area (Å²) in [7, 11) is -1.95. The highest BCUT2D eigenvalue weighted by molar-refractivity contribution is 7.89. The number of hydrogen-bond donors (Lipinski definition) is 0. The molecule has 3 aliphatic heterocycles. The smallest absolute Gasteiger partial charge is 0.379 e. The van der Waals surface area contributed by atoms with Gasteiger partial charge in [0.05, 0.1) is 29.4 Å². The van der Waals surface area contributed by atoms with Gasteiger partial charge in [-0.05, 0) is 67.1 Å². The van der Waals surface area contributed by atoms with Gasteiger partial charge in [-0.25, -0.2) is 12.7 Å². The van der Waals surface area contributed by atoms with E-state index in [9.17, 15) is 26.4 Å². The van der Waals surface area contributed by atoms with Gasteiger partial charge in [0, 0.05) is 58.2 Å². The largest absolute Gasteiger partial charge is 0.417 e. The molecule has 5 atom stereocenters. The molecule has 8 nitrogen and oxygen atoms in total. The van der Waals surface area contributed by atoms with Crippen LogP contribution in [0.4, 0.5) is 13.2 Å². The minimum Gasteiger partial charge on any atom is -0.379 e. The fraction of sp³-hybridized carbons (Fsp3) is 0.625. The summed E-state index contributed by atoms with van der Waals surface area (Å²) in [5.41, 5.74) is 0.164. The van der Waals surface area contributed by atoms with Crippen LogP contribution < -0.4 is 0 Å². The molecule has 2 unspecified atom stereocenters. The molecule has 0 spiro atoms. The first kappa shape index (κ1) is 31.4. The molecule has 1 aromatic carbocycles. The molecule has 3 fully saturated rings. The molecule has 12 heteroatoms. The maximum atomic E-state index is 14.5. The molecule has 240 valence electrons. The van der Waals surface area contributed by atoms with Crippen molar-refractivity contribution in [2.75, 3.05) is 45.7 Å². The quantitative estimate of drug-likeness (QED) is 0.429. The van der Waals surface area contributed by atoms with Gasteiger partial charge in [0.25, 0.3) is 0 Å². The Balaban J connectivity index is 1.24. The van der Waals surface area contributed by atoms with Gasteiger partial charge in [0.15, 0.2) is 0 Å². The number of alkyl halides is 3. The third kappa shape index (κ3) is 6.27. The first-order valence-corrected chi connectivity index (χ1v) is 17.1. The van der Waals surface area contributed by atoms with Crippen LogP contribution in [0.1, 0.15) is 48.1 Å². The summed E-state index contributed by atoms with van der Waals surface area (Å²) in [4.78, 5) is 20.2. The Morgan fingerprint density at radius 2 is 2.02 bits per heavy atom. The number of aryl methyl sites for hydroxylation is 1. The van der Waals surface area contributed by atoms with E-state index >= 15 is 0 Å². The van der Waals surface area contributed by atoms with E-state index in [-0.39, 0.29) is 49.2 Å². The average Bonchev–Trinajstić information content (AvgIpc) is 3.55. The van der Waals surface area contributed by atoms with E-state index < -0.39 is 27.2 Å². The van der Waals surface area contributed by atoms with Crippen LogP contribution in [-0.4, -0.2) is 80.3 Å². The Labute approximate surface area is 257 Å². The van der Waals surface area contributed by atoms with Crippen LogP contribution in [-0.2, 0) is 49.9 Å². The van der Waals surface area contributed by atoms with E-state index in [1.54, 1.807) is 12.0 Å². The lowest BCUT2D eigenvalue weighted by Crippen LogP contribution is -2.49. The summed E-state index contributed by atoms with van der Waals surface area (Å²) in [5, 5.41) is 0. The van der Waals surface area contributed by atoms with Gasteiger partial charge in [-0.3, -0.25) is 9.78 Å². The number of nitrogens with zero attached hydrogens (tertiary/aromatic N) is 3. The fourth-order valence-corrected chi connectivity index (χ4v) is 9.57. The van der Waals surface area contributed by atoms with E-state index in [0.29, 0.717) is 56.2 Å². The van der Waals surface area contributed by atoms with E-state index in [0.717, 1.165) is 37.1 Å². The number of ether oxygens (including phenoxy) is 2. The van der Waals surface area contributed by atoms with Crippen molar-refractivity contribution in [2.24, 2.45) is 23.2 Å². The van der Waals surface area contributed by atoms with Gasteiger partial charge >= 0.3 is 6.18 Å². The average molecular weight is 636 g/mol. The second-order valence-corrected chi connectivity index (χ2v) is 15.0. The van der Waals surface area contributed by atoms with Crippen LogP contribution in [0.15, 0.2) is 42.6 Å². The molecular weight excluding hydrogens is 595 g/mol. The summed E-state index contributed by atoms with van der Waals surface area (Å²) in [6.45, 7) is 1.97. The molecule has 44 heavy (non-hydrogen) atoms. The number of fused-ring (bicyclic) bond motifs is 2. The van der Waals surface area contributed by atoms with E-state index in [1.165, 1.54) is 4.31 Å². The molecule has 2 saturated heterocycles. The summed E-state index contributed by atoms with van der Waals surface area (Å²) in [5.74, 6) is 0.161. The number of sulfonamides is 1.